The molecule has 0 saturated carbocycles. The molecule has 4 aromatic rings. The van der Waals surface area contributed by atoms with Crippen molar-refractivity contribution in [3.63, 3.8) is 0 Å². The van der Waals surface area contributed by atoms with E-state index in [-0.39, 0.29) is 11.6 Å². The highest BCUT2D eigenvalue weighted by Gasteiger charge is 2.21. The van der Waals surface area contributed by atoms with Crippen LogP contribution in [0.2, 0.25) is 0 Å². The van der Waals surface area contributed by atoms with Crippen LogP contribution in [0, 0.1) is 6.92 Å². The van der Waals surface area contributed by atoms with Crippen LogP contribution in [0.25, 0.3) is 33.3 Å². The SMILES string of the molecule is CNC(=O)c1cnc(-n2c(=O)n(C)c3cnc4cc(OC)c(C5=CC=C(C)CN=C5)cc4c32)c(C)c1. The second kappa shape index (κ2) is 8.92. The summed E-state index contributed by atoms with van der Waals surface area (Å²) in [6.45, 7) is 4.51. The van der Waals surface area contributed by atoms with Gasteiger partial charge in [0.2, 0.25) is 0 Å². The lowest BCUT2D eigenvalue weighted by molar-refractivity contribution is 0.0962. The number of nitrogens with zero attached hydrogens (tertiary/aromatic N) is 5. The fourth-order valence-corrected chi connectivity index (χ4v) is 4.46. The van der Waals surface area contributed by atoms with Gasteiger partial charge in [-0.2, -0.15) is 0 Å². The van der Waals surface area contributed by atoms with E-state index in [9.17, 15) is 9.59 Å². The van der Waals surface area contributed by atoms with Gasteiger partial charge in [-0.05, 0) is 31.5 Å². The highest BCUT2D eigenvalue weighted by Crippen LogP contribution is 2.34. The highest BCUT2D eigenvalue weighted by molar-refractivity contribution is 6.14. The molecular weight excluding hydrogens is 456 g/mol. The standard InChI is InChI=1S/C27H26N6O3/c1-15-6-7-17(12-29-11-15)19-9-20-21(10-23(19)36-5)30-14-22-24(20)33(27(35)32(22)4)25-16(2)8-18(13-31-25)26(34)28-3/h6-10,12-14H,11H2,1-5H3,(H,28,34). The maximum atomic E-state index is 13.5. The van der Waals surface area contributed by atoms with E-state index in [1.165, 1.54) is 6.20 Å². The Labute approximate surface area is 207 Å². The van der Waals surface area contributed by atoms with Crippen molar-refractivity contribution in [2.24, 2.45) is 12.0 Å². The van der Waals surface area contributed by atoms with E-state index in [1.807, 2.05) is 44.3 Å². The minimum Gasteiger partial charge on any atom is -0.496 e. The average molecular weight is 483 g/mol. The zero-order chi connectivity index (χ0) is 25.6. The number of imidazole rings is 1. The molecule has 0 spiro atoms. The summed E-state index contributed by atoms with van der Waals surface area (Å²) in [7, 11) is 4.90. The molecule has 0 aliphatic carbocycles. The van der Waals surface area contributed by atoms with E-state index in [4.69, 9.17) is 4.74 Å². The molecule has 36 heavy (non-hydrogen) atoms. The van der Waals surface area contributed by atoms with Crippen molar-refractivity contribution in [2.45, 2.75) is 13.8 Å². The van der Waals surface area contributed by atoms with Gasteiger partial charge in [0.15, 0.2) is 0 Å². The van der Waals surface area contributed by atoms with Gasteiger partial charge in [-0.1, -0.05) is 17.7 Å². The number of benzene rings is 1. The van der Waals surface area contributed by atoms with E-state index in [1.54, 1.807) is 42.6 Å². The molecule has 1 aliphatic rings. The number of methoxy groups -OCH3 is 1. The van der Waals surface area contributed by atoms with Crippen LogP contribution in [0.5, 0.6) is 5.75 Å². The molecule has 0 radical (unpaired) electrons. The average Bonchev–Trinajstić information content (AvgIpc) is 3.01. The topological polar surface area (TPSA) is 103 Å². The second-order valence-electron chi connectivity index (χ2n) is 8.79. The normalized spacial score (nSPS) is 13.5. The van der Waals surface area contributed by atoms with Crippen LogP contribution in [-0.2, 0) is 7.05 Å². The molecule has 3 aromatic heterocycles. The van der Waals surface area contributed by atoms with Gasteiger partial charge in [-0.15, -0.1) is 0 Å². The first-order valence-electron chi connectivity index (χ1n) is 11.5. The van der Waals surface area contributed by atoms with Crippen molar-refractivity contribution in [3.8, 4) is 11.6 Å². The number of amides is 1. The number of hydrogen-bond donors (Lipinski definition) is 1. The number of aliphatic imine (C=N–C) groups is 1. The Morgan fingerprint density at radius 1 is 1.11 bits per heavy atom. The minimum atomic E-state index is -0.256. The Bertz CT molecular complexity index is 1700. The number of pyridine rings is 2. The van der Waals surface area contributed by atoms with Gasteiger partial charge in [0.05, 0.1) is 42.0 Å². The van der Waals surface area contributed by atoms with E-state index in [2.05, 4.69) is 20.3 Å². The smallest absolute Gasteiger partial charge is 0.334 e. The molecule has 9 nitrogen and oxygen atoms in total. The number of fused-ring (bicyclic) bond motifs is 3. The minimum absolute atomic E-state index is 0.239. The number of carbonyl (C=O) groups excluding carboxylic acids is 1. The van der Waals surface area contributed by atoms with Gasteiger partial charge in [0, 0.05) is 49.1 Å². The predicted octanol–water partition coefficient (Wildman–Crippen LogP) is 3.36. The number of rotatable bonds is 4. The first-order valence-corrected chi connectivity index (χ1v) is 11.5. The fraction of sp³-hybridized carbons (Fsp3) is 0.222. The Kier molecular flexibility index (Phi) is 5.75. The van der Waals surface area contributed by atoms with Crippen LogP contribution in [0.1, 0.15) is 28.4 Å². The molecule has 1 aliphatic heterocycles. The summed E-state index contributed by atoms with van der Waals surface area (Å²) < 4.78 is 8.84. The molecule has 5 rings (SSSR count). The third kappa shape index (κ3) is 3.69. The van der Waals surface area contributed by atoms with Crippen molar-refractivity contribution in [3.05, 3.63) is 75.5 Å². The van der Waals surface area contributed by atoms with Gasteiger partial charge in [0.25, 0.3) is 5.91 Å². The summed E-state index contributed by atoms with van der Waals surface area (Å²) in [6.07, 6.45) is 9.06. The van der Waals surface area contributed by atoms with E-state index < -0.39 is 0 Å². The fourth-order valence-electron chi connectivity index (χ4n) is 4.46. The molecule has 1 amide bonds. The molecule has 0 bridgehead atoms. The number of nitrogens with one attached hydrogen (secondary N) is 1. The van der Waals surface area contributed by atoms with E-state index in [0.29, 0.717) is 45.8 Å². The van der Waals surface area contributed by atoms with Gasteiger partial charge < -0.3 is 10.1 Å². The maximum absolute atomic E-state index is 13.5. The monoisotopic (exact) mass is 482 g/mol. The number of allylic oxidation sites excluding steroid dienone is 3. The highest BCUT2D eigenvalue weighted by atomic mass is 16.5. The molecule has 0 saturated heterocycles. The van der Waals surface area contributed by atoms with Crippen LogP contribution in [-0.4, -0.2) is 51.9 Å². The molecule has 0 unspecified atom stereocenters. The Hall–Kier alpha value is -4.53. The van der Waals surface area contributed by atoms with Gasteiger partial charge in [0.1, 0.15) is 11.6 Å². The van der Waals surface area contributed by atoms with Crippen LogP contribution in [0.4, 0.5) is 0 Å². The number of aryl methyl sites for hydroxylation is 2. The summed E-state index contributed by atoms with van der Waals surface area (Å²) in [5, 5.41) is 3.38. The summed E-state index contributed by atoms with van der Waals surface area (Å²) in [6, 6.07) is 5.59. The Morgan fingerprint density at radius 3 is 2.64 bits per heavy atom. The number of carbonyl (C=O) groups is 1. The Morgan fingerprint density at radius 2 is 1.92 bits per heavy atom. The number of ether oxygens (including phenoxy) is 1. The number of aromatic nitrogens is 4. The quantitative estimate of drug-likeness (QED) is 0.480. The van der Waals surface area contributed by atoms with Gasteiger partial charge >= 0.3 is 5.69 Å². The third-order valence-corrected chi connectivity index (χ3v) is 6.39. The first kappa shape index (κ1) is 23.2. The molecular formula is C27H26N6O3. The molecule has 0 atom stereocenters. The first-order chi connectivity index (χ1) is 17.3. The zero-order valence-corrected chi connectivity index (χ0v) is 20.8. The lowest BCUT2D eigenvalue weighted by atomic mass is 10.0. The summed E-state index contributed by atoms with van der Waals surface area (Å²) in [5.41, 5.74) is 5.79. The summed E-state index contributed by atoms with van der Waals surface area (Å²) in [5.74, 6) is 0.877. The van der Waals surface area contributed by atoms with E-state index >= 15 is 0 Å². The maximum Gasteiger partial charge on any atom is 0.334 e. The molecule has 1 aromatic carbocycles. The molecule has 182 valence electrons. The second-order valence-corrected chi connectivity index (χ2v) is 8.79. The molecule has 9 heteroatoms. The van der Waals surface area contributed by atoms with Crippen LogP contribution >= 0.6 is 0 Å². The van der Waals surface area contributed by atoms with Crippen molar-refractivity contribution in [1.29, 1.82) is 0 Å². The lowest BCUT2D eigenvalue weighted by Gasteiger charge is -2.13. The third-order valence-electron chi connectivity index (χ3n) is 6.39. The van der Waals surface area contributed by atoms with Crippen molar-refractivity contribution in [1.82, 2.24) is 24.4 Å². The van der Waals surface area contributed by atoms with E-state index in [0.717, 1.165) is 22.1 Å². The van der Waals surface area contributed by atoms with Crippen LogP contribution in [0.15, 0.2) is 58.1 Å². The number of hydrogen-bond acceptors (Lipinski definition) is 6. The summed E-state index contributed by atoms with van der Waals surface area (Å²) >= 11 is 0. The van der Waals surface area contributed by atoms with Crippen LogP contribution in [0.3, 0.4) is 0 Å². The largest absolute Gasteiger partial charge is 0.496 e. The molecule has 4 heterocycles. The summed E-state index contributed by atoms with van der Waals surface area (Å²) in [4.78, 5) is 39.2. The molecule has 0 fully saturated rings. The zero-order valence-electron chi connectivity index (χ0n) is 20.8. The van der Waals surface area contributed by atoms with Gasteiger partial charge in [-0.3, -0.25) is 19.3 Å². The van der Waals surface area contributed by atoms with Crippen molar-refractivity contribution < 1.29 is 9.53 Å². The van der Waals surface area contributed by atoms with Crippen molar-refractivity contribution in [2.75, 3.05) is 20.7 Å². The Balaban J connectivity index is 1.84. The lowest BCUT2D eigenvalue weighted by Crippen LogP contribution is -2.23. The van der Waals surface area contributed by atoms with Crippen molar-refractivity contribution >= 4 is 39.6 Å². The van der Waals surface area contributed by atoms with Gasteiger partial charge in [-0.25, -0.2) is 14.3 Å². The molecule has 1 N–H and O–H groups in total. The predicted molar refractivity (Wildman–Crippen MR) is 141 cm³/mol. The van der Waals surface area contributed by atoms with Crippen LogP contribution < -0.4 is 15.7 Å².